The number of furan rings is 1. The number of aryl methyl sites for hydroxylation is 2. The number of hydrogen-bond acceptors (Lipinski definition) is 5. The first-order valence-electron chi connectivity index (χ1n) is 6.85. The molecule has 3 heterocycles. The Bertz CT molecular complexity index is 787. The fourth-order valence-electron chi connectivity index (χ4n) is 2.15. The normalized spacial score (nSPS) is 10.9. The first-order chi connectivity index (χ1) is 10.5. The molecule has 3 aromatic rings. The second kappa shape index (κ2) is 6.06. The number of carbonyl (C=O) groups is 1. The van der Waals surface area contributed by atoms with Gasteiger partial charge in [0.1, 0.15) is 21.4 Å². The molecule has 0 saturated carbocycles. The summed E-state index contributed by atoms with van der Waals surface area (Å²) < 4.78 is 5.53. The lowest BCUT2D eigenvalue weighted by molar-refractivity contribution is 0.0779. The molecule has 0 aliphatic rings. The highest BCUT2D eigenvalue weighted by Gasteiger charge is 2.20. The van der Waals surface area contributed by atoms with Crippen LogP contribution < -0.4 is 0 Å². The number of nitrogens with zero attached hydrogens (tertiary/aromatic N) is 2. The van der Waals surface area contributed by atoms with Crippen molar-refractivity contribution in [3.8, 4) is 10.6 Å². The third kappa shape index (κ3) is 2.98. The van der Waals surface area contributed by atoms with Crippen molar-refractivity contribution < 1.29 is 9.21 Å². The first-order valence-corrected chi connectivity index (χ1v) is 8.61. The summed E-state index contributed by atoms with van der Waals surface area (Å²) in [6.45, 7) is 4.23. The van der Waals surface area contributed by atoms with Gasteiger partial charge in [0.05, 0.1) is 12.2 Å². The third-order valence-electron chi connectivity index (χ3n) is 3.29. The maximum Gasteiger partial charge on any atom is 0.266 e. The lowest BCUT2D eigenvalue weighted by Gasteiger charge is -2.14. The van der Waals surface area contributed by atoms with E-state index in [0.29, 0.717) is 11.4 Å². The van der Waals surface area contributed by atoms with Gasteiger partial charge in [-0.05, 0) is 37.4 Å². The smallest absolute Gasteiger partial charge is 0.266 e. The summed E-state index contributed by atoms with van der Waals surface area (Å²) >= 11 is 3.07. The molecule has 4 nitrogen and oxygen atoms in total. The molecule has 0 fully saturated rings. The monoisotopic (exact) mass is 332 g/mol. The lowest BCUT2D eigenvalue weighted by atomic mass is 10.3. The molecule has 0 atom stereocenters. The van der Waals surface area contributed by atoms with Gasteiger partial charge in [0.15, 0.2) is 0 Å². The Hall–Kier alpha value is -1.92. The SMILES string of the molecule is Cc1ccc(CN(C)C(=O)c2sc(-c3ccsc3)nc2C)o1. The average Bonchev–Trinajstić information content (AvgIpc) is 3.19. The van der Waals surface area contributed by atoms with E-state index in [1.54, 1.807) is 23.3 Å². The van der Waals surface area contributed by atoms with Crippen LogP contribution in [0.15, 0.2) is 33.4 Å². The van der Waals surface area contributed by atoms with Gasteiger partial charge in [-0.3, -0.25) is 4.79 Å². The number of amides is 1. The molecular formula is C16H16N2O2S2. The Morgan fingerprint density at radius 2 is 2.14 bits per heavy atom. The summed E-state index contributed by atoms with van der Waals surface area (Å²) in [4.78, 5) is 19.5. The Kier molecular flexibility index (Phi) is 4.13. The van der Waals surface area contributed by atoms with Crippen molar-refractivity contribution >= 4 is 28.6 Å². The van der Waals surface area contributed by atoms with Crippen molar-refractivity contribution in [3.05, 3.63) is 51.1 Å². The molecule has 1 amide bonds. The molecule has 0 aliphatic carbocycles. The van der Waals surface area contributed by atoms with Gasteiger partial charge >= 0.3 is 0 Å². The zero-order valence-electron chi connectivity index (χ0n) is 12.6. The minimum absolute atomic E-state index is 0.0227. The van der Waals surface area contributed by atoms with Gasteiger partial charge in [-0.2, -0.15) is 11.3 Å². The molecule has 0 radical (unpaired) electrons. The van der Waals surface area contributed by atoms with E-state index in [1.807, 2.05) is 42.8 Å². The van der Waals surface area contributed by atoms with Crippen LogP contribution in [0.2, 0.25) is 0 Å². The Morgan fingerprint density at radius 1 is 1.32 bits per heavy atom. The highest BCUT2D eigenvalue weighted by atomic mass is 32.1. The molecular weight excluding hydrogens is 316 g/mol. The van der Waals surface area contributed by atoms with Gasteiger partial charge < -0.3 is 9.32 Å². The van der Waals surface area contributed by atoms with E-state index in [0.717, 1.165) is 27.8 Å². The molecule has 0 unspecified atom stereocenters. The summed E-state index contributed by atoms with van der Waals surface area (Å²) in [5.74, 6) is 1.61. The molecule has 22 heavy (non-hydrogen) atoms. The largest absolute Gasteiger partial charge is 0.464 e. The van der Waals surface area contributed by atoms with Crippen LogP contribution in [0.25, 0.3) is 10.6 Å². The van der Waals surface area contributed by atoms with E-state index >= 15 is 0 Å². The van der Waals surface area contributed by atoms with Crippen LogP contribution in [0.1, 0.15) is 26.9 Å². The predicted octanol–water partition coefficient (Wildman–Crippen LogP) is 4.35. The van der Waals surface area contributed by atoms with Gasteiger partial charge in [-0.25, -0.2) is 4.98 Å². The molecule has 0 N–H and O–H groups in total. The third-order valence-corrected chi connectivity index (χ3v) is 5.17. The number of thiazole rings is 1. The summed E-state index contributed by atoms with van der Waals surface area (Å²) in [7, 11) is 1.78. The molecule has 0 aromatic carbocycles. The Morgan fingerprint density at radius 3 is 2.77 bits per heavy atom. The second-order valence-electron chi connectivity index (χ2n) is 5.12. The topological polar surface area (TPSA) is 46.3 Å². The molecule has 3 rings (SSSR count). The van der Waals surface area contributed by atoms with Crippen LogP contribution >= 0.6 is 22.7 Å². The summed E-state index contributed by atoms with van der Waals surface area (Å²) in [5, 5.41) is 4.95. The highest BCUT2D eigenvalue weighted by Crippen LogP contribution is 2.30. The van der Waals surface area contributed by atoms with Crippen molar-refractivity contribution in [2.24, 2.45) is 0 Å². The minimum Gasteiger partial charge on any atom is -0.464 e. The predicted molar refractivity (Wildman–Crippen MR) is 89.4 cm³/mol. The Balaban J connectivity index is 1.79. The number of carbonyl (C=O) groups excluding carboxylic acids is 1. The zero-order valence-corrected chi connectivity index (χ0v) is 14.3. The van der Waals surface area contributed by atoms with E-state index in [1.165, 1.54) is 11.3 Å². The summed E-state index contributed by atoms with van der Waals surface area (Å²) in [6.07, 6.45) is 0. The number of thiophene rings is 1. The molecule has 6 heteroatoms. The quantitative estimate of drug-likeness (QED) is 0.713. The van der Waals surface area contributed by atoms with E-state index in [9.17, 15) is 4.79 Å². The van der Waals surface area contributed by atoms with Crippen LogP contribution in [-0.4, -0.2) is 22.8 Å². The number of aromatic nitrogens is 1. The van der Waals surface area contributed by atoms with Gasteiger partial charge in [-0.15, -0.1) is 11.3 Å². The molecule has 0 bridgehead atoms. The molecule has 3 aromatic heterocycles. The second-order valence-corrected chi connectivity index (χ2v) is 6.90. The Labute approximate surface area is 137 Å². The van der Waals surface area contributed by atoms with Gasteiger partial charge in [0.25, 0.3) is 5.91 Å². The maximum absolute atomic E-state index is 12.6. The van der Waals surface area contributed by atoms with Crippen LogP contribution in [0.3, 0.4) is 0 Å². The van der Waals surface area contributed by atoms with E-state index in [4.69, 9.17) is 4.42 Å². The molecule has 114 valence electrons. The standard InChI is InChI=1S/C16H16N2O2S2/c1-10-4-5-13(20-10)8-18(3)16(19)14-11(2)17-15(22-14)12-6-7-21-9-12/h4-7,9H,8H2,1-3H3. The zero-order chi connectivity index (χ0) is 15.7. The van der Waals surface area contributed by atoms with Crippen molar-refractivity contribution in [2.45, 2.75) is 20.4 Å². The van der Waals surface area contributed by atoms with Gasteiger partial charge in [0.2, 0.25) is 0 Å². The van der Waals surface area contributed by atoms with Crippen molar-refractivity contribution in [1.29, 1.82) is 0 Å². The molecule has 0 saturated heterocycles. The molecule has 0 aliphatic heterocycles. The average molecular weight is 332 g/mol. The van der Waals surface area contributed by atoms with Gasteiger partial charge in [0, 0.05) is 18.0 Å². The highest BCUT2D eigenvalue weighted by molar-refractivity contribution is 7.17. The van der Waals surface area contributed by atoms with Crippen LogP contribution in [-0.2, 0) is 6.54 Å². The maximum atomic E-state index is 12.6. The number of rotatable bonds is 4. The fourth-order valence-corrected chi connectivity index (χ4v) is 3.93. The van der Waals surface area contributed by atoms with Crippen molar-refractivity contribution in [1.82, 2.24) is 9.88 Å². The summed E-state index contributed by atoms with van der Waals surface area (Å²) in [6, 6.07) is 5.82. The van der Waals surface area contributed by atoms with Crippen LogP contribution in [0.5, 0.6) is 0 Å². The fraction of sp³-hybridized carbons (Fsp3) is 0.250. The lowest BCUT2D eigenvalue weighted by Crippen LogP contribution is -2.25. The van der Waals surface area contributed by atoms with Crippen molar-refractivity contribution in [3.63, 3.8) is 0 Å². The molecule has 0 spiro atoms. The summed E-state index contributed by atoms with van der Waals surface area (Å²) in [5.41, 5.74) is 1.85. The van der Waals surface area contributed by atoms with E-state index < -0.39 is 0 Å². The number of hydrogen-bond donors (Lipinski definition) is 0. The first kappa shape index (κ1) is 15.0. The van der Waals surface area contributed by atoms with E-state index in [-0.39, 0.29) is 5.91 Å². The minimum atomic E-state index is -0.0227. The van der Waals surface area contributed by atoms with Crippen molar-refractivity contribution in [2.75, 3.05) is 7.05 Å². The van der Waals surface area contributed by atoms with Gasteiger partial charge in [-0.1, -0.05) is 0 Å². The van der Waals surface area contributed by atoms with Crippen LogP contribution in [0, 0.1) is 13.8 Å². The van der Waals surface area contributed by atoms with Crippen LogP contribution in [0.4, 0.5) is 0 Å². The van der Waals surface area contributed by atoms with E-state index in [2.05, 4.69) is 4.98 Å².